The van der Waals surface area contributed by atoms with Gasteiger partial charge in [0.1, 0.15) is 5.82 Å². The van der Waals surface area contributed by atoms with Crippen molar-refractivity contribution in [2.75, 3.05) is 12.8 Å². The van der Waals surface area contributed by atoms with E-state index in [0.717, 1.165) is 6.07 Å². The summed E-state index contributed by atoms with van der Waals surface area (Å²) in [5.41, 5.74) is 7.48. The van der Waals surface area contributed by atoms with E-state index in [1.54, 1.807) is 58.9 Å². The lowest BCUT2D eigenvalue weighted by Gasteiger charge is -2.12. The van der Waals surface area contributed by atoms with Crippen molar-refractivity contribution in [1.82, 2.24) is 24.1 Å². The predicted octanol–water partition coefficient (Wildman–Crippen LogP) is 4.62. The van der Waals surface area contributed by atoms with Crippen LogP contribution in [-0.2, 0) is 13.2 Å². The van der Waals surface area contributed by atoms with Crippen LogP contribution in [0.15, 0.2) is 53.8 Å². The molecule has 0 spiro atoms. The van der Waals surface area contributed by atoms with Crippen molar-refractivity contribution in [2.45, 2.75) is 6.18 Å². The molecular formula is C24H16ClF3N8O. The standard InChI is InChI=1S/C24H16ClF3N8O/c1-35-18-10-31-16-4-3-12(13-8-15(24(26,27)28)22(30)32-9-13)7-14(16)20(18)36(23(35)33-11-29)17-5-6-19(37-2)34-21(17)25/h3-10H,1-2H3,(H2,30,32). The molecule has 13 heteroatoms. The molecule has 186 valence electrons. The summed E-state index contributed by atoms with van der Waals surface area (Å²) in [5, 5.41) is 10.0. The number of hydrogen-bond donors (Lipinski definition) is 1. The number of hydrogen-bond acceptors (Lipinski definition) is 7. The number of fused-ring (bicyclic) bond motifs is 3. The third-order valence-corrected chi connectivity index (χ3v) is 6.14. The molecule has 9 nitrogen and oxygen atoms in total. The first-order chi connectivity index (χ1) is 17.6. The minimum atomic E-state index is -4.66. The van der Waals surface area contributed by atoms with Gasteiger partial charge in [-0.3, -0.25) is 9.55 Å². The van der Waals surface area contributed by atoms with Crippen molar-refractivity contribution >= 4 is 39.4 Å². The predicted molar refractivity (Wildman–Crippen MR) is 131 cm³/mol. The average molecular weight is 525 g/mol. The minimum Gasteiger partial charge on any atom is -0.481 e. The van der Waals surface area contributed by atoms with E-state index < -0.39 is 17.6 Å². The first kappa shape index (κ1) is 24.1. The number of imidazole rings is 1. The Morgan fingerprint density at radius 1 is 1.11 bits per heavy atom. The number of benzene rings is 1. The van der Waals surface area contributed by atoms with Gasteiger partial charge >= 0.3 is 6.18 Å². The first-order valence-corrected chi connectivity index (χ1v) is 11.0. The highest BCUT2D eigenvalue weighted by Crippen LogP contribution is 2.36. The summed E-state index contributed by atoms with van der Waals surface area (Å²) in [4.78, 5) is 16.4. The smallest absolute Gasteiger partial charge is 0.419 e. The lowest BCUT2D eigenvalue weighted by Crippen LogP contribution is -2.23. The Hall–Kier alpha value is -4.63. The number of nitrogens with two attached hydrogens (primary N) is 1. The lowest BCUT2D eigenvalue weighted by molar-refractivity contribution is -0.137. The maximum absolute atomic E-state index is 13.5. The van der Waals surface area contributed by atoms with E-state index in [1.807, 2.05) is 0 Å². The Morgan fingerprint density at radius 2 is 1.89 bits per heavy atom. The van der Waals surface area contributed by atoms with Crippen LogP contribution in [0, 0.1) is 11.5 Å². The van der Waals surface area contributed by atoms with Crippen molar-refractivity contribution in [1.29, 1.82) is 5.26 Å². The second-order valence-electron chi connectivity index (χ2n) is 7.95. The van der Waals surface area contributed by atoms with Crippen LogP contribution >= 0.6 is 11.6 Å². The fraction of sp³-hybridized carbons (Fsp3) is 0.125. The number of aromatic nitrogens is 5. The quantitative estimate of drug-likeness (QED) is 0.272. The molecule has 0 saturated heterocycles. The molecule has 5 rings (SSSR count). The molecule has 0 radical (unpaired) electrons. The molecular weight excluding hydrogens is 509 g/mol. The fourth-order valence-electron chi connectivity index (χ4n) is 4.13. The number of aryl methyl sites for hydroxylation is 1. The van der Waals surface area contributed by atoms with Crippen molar-refractivity contribution in [2.24, 2.45) is 12.0 Å². The van der Waals surface area contributed by atoms with Crippen LogP contribution in [0.2, 0.25) is 5.15 Å². The molecule has 0 atom stereocenters. The Bertz CT molecular complexity index is 1820. The zero-order chi connectivity index (χ0) is 26.5. The molecule has 0 fully saturated rings. The Labute approximate surface area is 211 Å². The molecule has 4 heterocycles. The van der Waals surface area contributed by atoms with E-state index in [-0.39, 0.29) is 16.3 Å². The van der Waals surface area contributed by atoms with Gasteiger partial charge < -0.3 is 15.0 Å². The molecule has 0 aliphatic carbocycles. The van der Waals surface area contributed by atoms with Crippen LogP contribution in [0.25, 0.3) is 38.8 Å². The van der Waals surface area contributed by atoms with Gasteiger partial charge in [0.05, 0.1) is 41.1 Å². The van der Waals surface area contributed by atoms with Crippen LogP contribution in [0.3, 0.4) is 0 Å². The van der Waals surface area contributed by atoms with Gasteiger partial charge in [0, 0.05) is 30.3 Å². The summed E-state index contributed by atoms with van der Waals surface area (Å²) >= 11 is 6.49. The second kappa shape index (κ2) is 8.79. The summed E-state index contributed by atoms with van der Waals surface area (Å²) in [6.45, 7) is 0. The Kier molecular flexibility index (Phi) is 5.72. The van der Waals surface area contributed by atoms with E-state index in [9.17, 15) is 18.4 Å². The molecule has 0 aliphatic rings. The van der Waals surface area contributed by atoms with Crippen LogP contribution in [0.4, 0.5) is 19.0 Å². The highest BCUT2D eigenvalue weighted by molar-refractivity contribution is 6.31. The maximum atomic E-state index is 13.5. The van der Waals surface area contributed by atoms with E-state index in [2.05, 4.69) is 19.9 Å². The zero-order valence-electron chi connectivity index (χ0n) is 19.2. The molecule has 0 bridgehead atoms. The zero-order valence-corrected chi connectivity index (χ0v) is 20.0. The van der Waals surface area contributed by atoms with Crippen LogP contribution in [0.5, 0.6) is 5.88 Å². The number of rotatable bonds is 3. The number of methoxy groups -OCH3 is 1. The van der Waals surface area contributed by atoms with Gasteiger partial charge in [-0.15, -0.1) is 4.99 Å². The normalized spacial score (nSPS) is 12.3. The monoisotopic (exact) mass is 524 g/mol. The summed E-state index contributed by atoms with van der Waals surface area (Å²) in [6, 6.07) is 9.24. The third-order valence-electron chi connectivity index (χ3n) is 5.87. The average Bonchev–Trinajstić information content (AvgIpc) is 3.15. The highest BCUT2D eigenvalue weighted by atomic mass is 35.5. The highest BCUT2D eigenvalue weighted by Gasteiger charge is 2.34. The summed E-state index contributed by atoms with van der Waals surface area (Å²) in [6.07, 6.45) is 0.0268. The van der Waals surface area contributed by atoms with E-state index >= 15 is 0 Å². The van der Waals surface area contributed by atoms with Gasteiger partial charge in [-0.2, -0.15) is 23.4 Å². The van der Waals surface area contributed by atoms with Crippen LogP contribution < -0.4 is 16.1 Å². The summed E-state index contributed by atoms with van der Waals surface area (Å²) in [7, 11) is 3.16. The molecule has 0 amide bonds. The topological polar surface area (TPSA) is 120 Å². The van der Waals surface area contributed by atoms with E-state index in [1.165, 1.54) is 13.3 Å². The van der Waals surface area contributed by atoms with Gasteiger partial charge in [-0.1, -0.05) is 17.7 Å². The van der Waals surface area contributed by atoms with E-state index in [0.29, 0.717) is 39.1 Å². The van der Waals surface area contributed by atoms with Gasteiger partial charge in [-0.05, 0) is 29.8 Å². The number of pyridine rings is 3. The van der Waals surface area contributed by atoms with Crippen molar-refractivity contribution in [3.8, 4) is 28.9 Å². The molecule has 0 unspecified atom stereocenters. The number of alkyl halides is 3. The van der Waals surface area contributed by atoms with Crippen molar-refractivity contribution < 1.29 is 17.9 Å². The van der Waals surface area contributed by atoms with Gasteiger partial charge in [0.2, 0.25) is 17.7 Å². The molecule has 1 aromatic carbocycles. The number of ether oxygens (including phenoxy) is 1. The second-order valence-corrected chi connectivity index (χ2v) is 8.31. The van der Waals surface area contributed by atoms with E-state index in [4.69, 9.17) is 22.1 Å². The SMILES string of the molecule is COc1ccc(-n2c(=NC#N)n(C)c3cnc4ccc(-c5cnc(N)c(C(F)(F)F)c5)cc4c32)c(Cl)n1. The third kappa shape index (κ3) is 3.99. The minimum absolute atomic E-state index is 0.0879. The summed E-state index contributed by atoms with van der Waals surface area (Å²) < 4.78 is 48.8. The Balaban J connectivity index is 1.87. The van der Waals surface area contributed by atoms with Gasteiger partial charge in [-0.25, -0.2) is 4.98 Å². The number of anilines is 1. The first-order valence-electron chi connectivity index (χ1n) is 10.6. The van der Waals surface area contributed by atoms with Crippen LogP contribution in [0.1, 0.15) is 5.56 Å². The van der Waals surface area contributed by atoms with Gasteiger partial charge in [0.15, 0.2) is 5.15 Å². The largest absolute Gasteiger partial charge is 0.481 e. The number of halogens is 4. The molecule has 2 N–H and O–H groups in total. The number of nitriles is 1. The van der Waals surface area contributed by atoms with Gasteiger partial charge in [0.25, 0.3) is 0 Å². The molecule has 0 aliphatic heterocycles. The molecule has 37 heavy (non-hydrogen) atoms. The summed E-state index contributed by atoms with van der Waals surface area (Å²) in [5.74, 6) is -0.315. The lowest BCUT2D eigenvalue weighted by atomic mass is 10.0. The molecule has 0 saturated carbocycles. The Morgan fingerprint density at radius 3 is 2.57 bits per heavy atom. The molecule has 5 aromatic rings. The number of nitrogen functional groups attached to an aromatic ring is 1. The van der Waals surface area contributed by atoms with Crippen LogP contribution in [-0.4, -0.2) is 31.2 Å². The van der Waals surface area contributed by atoms with Crippen molar-refractivity contribution in [3.63, 3.8) is 0 Å². The fourth-order valence-corrected chi connectivity index (χ4v) is 4.37. The molecule has 4 aromatic heterocycles. The number of nitrogens with zero attached hydrogens (tertiary/aromatic N) is 7. The maximum Gasteiger partial charge on any atom is 0.419 e. The van der Waals surface area contributed by atoms with Crippen molar-refractivity contribution in [3.05, 3.63) is 65.1 Å².